The lowest BCUT2D eigenvalue weighted by molar-refractivity contribution is -0.130. The van der Waals surface area contributed by atoms with Crippen LogP contribution in [0.15, 0.2) is 42.5 Å². The van der Waals surface area contributed by atoms with Crippen molar-refractivity contribution in [3.8, 4) is 17.2 Å². The number of carbonyl (C=O) groups excluding carboxylic acids is 1. The Kier molecular flexibility index (Phi) is 6.81. The zero-order valence-electron chi connectivity index (χ0n) is 17.7. The fourth-order valence-corrected chi connectivity index (χ4v) is 3.61. The first kappa shape index (κ1) is 20.8. The first-order valence-electron chi connectivity index (χ1n) is 9.88. The molecule has 154 valence electrons. The van der Waals surface area contributed by atoms with Gasteiger partial charge in [0.15, 0.2) is 0 Å². The van der Waals surface area contributed by atoms with Crippen molar-refractivity contribution in [2.45, 2.75) is 26.2 Å². The Bertz CT molecular complexity index is 861. The van der Waals surface area contributed by atoms with E-state index in [9.17, 15) is 4.79 Å². The van der Waals surface area contributed by atoms with Crippen molar-refractivity contribution in [3.63, 3.8) is 0 Å². The molecule has 1 aliphatic heterocycles. The standard InChI is InChI=1S/C24H29NO4/c1-17-5-7-18(8-6-17)9-10-23(26)25-13-11-19(12-14-25)24-21(28-3)15-20(27-2)16-22(24)29-4/h5-8,11,15-16H,9-10,12-14H2,1-4H3. The second-order valence-corrected chi connectivity index (χ2v) is 7.21. The maximum Gasteiger partial charge on any atom is 0.223 e. The Labute approximate surface area is 172 Å². The molecule has 0 radical (unpaired) electrons. The van der Waals surface area contributed by atoms with Crippen LogP contribution in [0.4, 0.5) is 0 Å². The molecule has 2 aromatic carbocycles. The third kappa shape index (κ3) is 4.91. The summed E-state index contributed by atoms with van der Waals surface area (Å²) in [6.07, 6.45) is 4.16. The monoisotopic (exact) mass is 395 g/mol. The van der Waals surface area contributed by atoms with Crippen molar-refractivity contribution < 1.29 is 19.0 Å². The zero-order chi connectivity index (χ0) is 20.8. The molecule has 0 aliphatic carbocycles. The van der Waals surface area contributed by atoms with Gasteiger partial charge in [0.25, 0.3) is 0 Å². The molecule has 5 heteroatoms. The molecule has 0 spiro atoms. The van der Waals surface area contributed by atoms with Crippen LogP contribution in [0.25, 0.3) is 5.57 Å². The molecule has 5 nitrogen and oxygen atoms in total. The number of methoxy groups -OCH3 is 3. The maximum atomic E-state index is 12.6. The van der Waals surface area contributed by atoms with E-state index in [1.807, 2.05) is 17.0 Å². The van der Waals surface area contributed by atoms with Crippen molar-refractivity contribution in [2.24, 2.45) is 0 Å². The van der Waals surface area contributed by atoms with E-state index < -0.39 is 0 Å². The lowest BCUT2D eigenvalue weighted by atomic mass is 9.96. The first-order chi connectivity index (χ1) is 14.0. The smallest absolute Gasteiger partial charge is 0.223 e. The predicted molar refractivity (Wildman–Crippen MR) is 115 cm³/mol. The lowest BCUT2D eigenvalue weighted by Gasteiger charge is -2.28. The molecule has 2 aromatic rings. The van der Waals surface area contributed by atoms with Gasteiger partial charge in [0.05, 0.1) is 26.9 Å². The van der Waals surface area contributed by atoms with Gasteiger partial charge in [0.2, 0.25) is 5.91 Å². The minimum absolute atomic E-state index is 0.189. The van der Waals surface area contributed by atoms with Crippen molar-refractivity contribution >= 4 is 11.5 Å². The molecule has 1 heterocycles. The summed E-state index contributed by atoms with van der Waals surface area (Å²) < 4.78 is 16.5. The van der Waals surface area contributed by atoms with E-state index in [0.29, 0.717) is 36.8 Å². The molecule has 0 saturated carbocycles. The number of benzene rings is 2. The highest BCUT2D eigenvalue weighted by Gasteiger charge is 2.22. The van der Waals surface area contributed by atoms with Gasteiger partial charge in [-0.2, -0.15) is 0 Å². The first-order valence-corrected chi connectivity index (χ1v) is 9.88. The molecule has 0 unspecified atom stereocenters. The molecule has 0 atom stereocenters. The molecule has 0 fully saturated rings. The van der Waals surface area contributed by atoms with Gasteiger partial charge < -0.3 is 19.1 Å². The van der Waals surface area contributed by atoms with Gasteiger partial charge in [0, 0.05) is 31.6 Å². The van der Waals surface area contributed by atoms with E-state index in [1.165, 1.54) is 11.1 Å². The molecule has 29 heavy (non-hydrogen) atoms. The number of rotatable bonds is 7. The van der Waals surface area contributed by atoms with Gasteiger partial charge in [0.1, 0.15) is 17.2 Å². The summed E-state index contributed by atoms with van der Waals surface area (Å²) in [5.41, 5.74) is 4.49. The molecule has 0 saturated heterocycles. The number of hydrogen-bond acceptors (Lipinski definition) is 4. The normalized spacial score (nSPS) is 13.7. The highest BCUT2D eigenvalue weighted by Crippen LogP contribution is 2.40. The second kappa shape index (κ2) is 9.50. The van der Waals surface area contributed by atoms with E-state index >= 15 is 0 Å². The summed E-state index contributed by atoms with van der Waals surface area (Å²) in [6, 6.07) is 12.1. The van der Waals surface area contributed by atoms with Crippen molar-refractivity contribution in [1.82, 2.24) is 4.90 Å². The van der Waals surface area contributed by atoms with Crippen molar-refractivity contribution in [1.29, 1.82) is 0 Å². The Morgan fingerprint density at radius 2 is 1.66 bits per heavy atom. The van der Waals surface area contributed by atoms with E-state index in [2.05, 4.69) is 37.3 Å². The average Bonchev–Trinajstić information content (AvgIpc) is 2.77. The van der Waals surface area contributed by atoms with Crippen LogP contribution >= 0.6 is 0 Å². The molecule has 0 bridgehead atoms. The van der Waals surface area contributed by atoms with Crippen molar-refractivity contribution in [3.05, 3.63) is 59.2 Å². The molecule has 3 rings (SSSR count). The summed E-state index contributed by atoms with van der Waals surface area (Å²) >= 11 is 0. The Morgan fingerprint density at radius 3 is 2.17 bits per heavy atom. The van der Waals surface area contributed by atoms with Crippen molar-refractivity contribution in [2.75, 3.05) is 34.4 Å². The van der Waals surface area contributed by atoms with Crippen LogP contribution < -0.4 is 14.2 Å². The maximum absolute atomic E-state index is 12.6. The fraction of sp³-hybridized carbons (Fsp3) is 0.375. The lowest BCUT2D eigenvalue weighted by Crippen LogP contribution is -2.34. The predicted octanol–water partition coefficient (Wildman–Crippen LogP) is 4.27. The molecule has 0 N–H and O–H groups in total. The average molecular weight is 395 g/mol. The minimum atomic E-state index is 0.189. The van der Waals surface area contributed by atoms with Gasteiger partial charge in [-0.25, -0.2) is 0 Å². The zero-order valence-corrected chi connectivity index (χ0v) is 17.7. The molecule has 1 amide bonds. The largest absolute Gasteiger partial charge is 0.496 e. The van der Waals surface area contributed by atoms with E-state index in [-0.39, 0.29) is 5.91 Å². The van der Waals surface area contributed by atoms with E-state index in [1.54, 1.807) is 21.3 Å². The second-order valence-electron chi connectivity index (χ2n) is 7.21. The number of amides is 1. The molecular formula is C24H29NO4. The number of ether oxygens (including phenoxy) is 3. The number of aryl methyl sites for hydroxylation is 2. The van der Waals surface area contributed by atoms with E-state index in [4.69, 9.17) is 14.2 Å². The summed E-state index contributed by atoms with van der Waals surface area (Å²) in [4.78, 5) is 14.6. The SMILES string of the molecule is COc1cc(OC)c(C2=CCN(C(=O)CCc3ccc(C)cc3)CC2)c(OC)c1. The van der Waals surface area contributed by atoms with Gasteiger partial charge in [-0.1, -0.05) is 35.9 Å². The Balaban J connectivity index is 1.68. The Hall–Kier alpha value is -2.95. The third-order valence-electron chi connectivity index (χ3n) is 5.35. The summed E-state index contributed by atoms with van der Waals surface area (Å²) in [5.74, 6) is 2.31. The van der Waals surface area contributed by atoms with Gasteiger partial charge in [-0.05, 0) is 30.9 Å². The molecular weight excluding hydrogens is 366 g/mol. The Morgan fingerprint density at radius 1 is 1.00 bits per heavy atom. The van der Waals surface area contributed by atoms with Crippen LogP contribution in [-0.4, -0.2) is 45.2 Å². The topological polar surface area (TPSA) is 48.0 Å². The number of carbonyl (C=O) groups is 1. The number of nitrogens with zero attached hydrogens (tertiary/aromatic N) is 1. The quantitative estimate of drug-likeness (QED) is 0.702. The highest BCUT2D eigenvalue weighted by atomic mass is 16.5. The van der Waals surface area contributed by atoms with Crippen LogP contribution in [-0.2, 0) is 11.2 Å². The van der Waals surface area contributed by atoms with Crippen LogP contribution in [0.2, 0.25) is 0 Å². The van der Waals surface area contributed by atoms with E-state index in [0.717, 1.165) is 24.0 Å². The summed E-state index contributed by atoms with van der Waals surface area (Å²) in [5, 5.41) is 0. The van der Waals surface area contributed by atoms with Crippen LogP contribution in [0.3, 0.4) is 0 Å². The van der Waals surface area contributed by atoms with Gasteiger partial charge in [-0.3, -0.25) is 4.79 Å². The molecule has 1 aliphatic rings. The van der Waals surface area contributed by atoms with Gasteiger partial charge >= 0.3 is 0 Å². The fourth-order valence-electron chi connectivity index (χ4n) is 3.61. The highest BCUT2D eigenvalue weighted by molar-refractivity contribution is 5.81. The summed E-state index contributed by atoms with van der Waals surface area (Å²) in [6.45, 7) is 3.36. The van der Waals surface area contributed by atoms with Crippen LogP contribution in [0, 0.1) is 6.92 Å². The summed E-state index contributed by atoms with van der Waals surface area (Å²) in [7, 11) is 4.90. The number of hydrogen-bond donors (Lipinski definition) is 0. The minimum Gasteiger partial charge on any atom is -0.496 e. The van der Waals surface area contributed by atoms with Crippen LogP contribution in [0.1, 0.15) is 29.5 Å². The van der Waals surface area contributed by atoms with Crippen LogP contribution in [0.5, 0.6) is 17.2 Å². The molecule has 0 aromatic heterocycles. The van der Waals surface area contributed by atoms with Gasteiger partial charge in [-0.15, -0.1) is 0 Å². The third-order valence-corrected chi connectivity index (χ3v) is 5.35.